The first-order valence-corrected chi connectivity index (χ1v) is 9.70. The van der Waals surface area contributed by atoms with E-state index in [0.717, 1.165) is 0 Å². The van der Waals surface area contributed by atoms with Gasteiger partial charge in [0.25, 0.3) is 5.91 Å². The number of nitrogen functional groups attached to an aromatic ring is 1. The Bertz CT molecular complexity index is 770. The number of nitrogens with zero attached hydrogens (tertiary/aromatic N) is 1. The maximum atomic E-state index is 12.8. The van der Waals surface area contributed by atoms with Crippen molar-refractivity contribution in [3.05, 3.63) is 16.7 Å². The smallest absolute Gasteiger partial charge is 0.410 e. The summed E-state index contributed by atoms with van der Waals surface area (Å²) in [6.07, 6.45) is 0.933. The van der Waals surface area contributed by atoms with E-state index in [-0.39, 0.29) is 28.8 Å². The zero-order valence-corrected chi connectivity index (χ0v) is 17.1. The third-order valence-electron chi connectivity index (χ3n) is 4.53. The average molecular weight is 412 g/mol. The normalized spacial score (nSPS) is 17.2. The van der Waals surface area contributed by atoms with E-state index in [0.29, 0.717) is 56.2 Å². The fraction of sp³-hybridized carbons (Fsp3) is 0.579. The van der Waals surface area contributed by atoms with Crippen LogP contribution < -0.4 is 20.5 Å². The van der Waals surface area contributed by atoms with Crippen molar-refractivity contribution in [3.8, 4) is 11.5 Å². The summed E-state index contributed by atoms with van der Waals surface area (Å²) in [5.41, 5.74) is 5.95. The van der Waals surface area contributed by atoms with Gasteiger partial charge in [0.2, 0.25) is 0 Å². The molecule has 3 rings (SSSR count). The van der Waals surface area contributed by atoms with Crippen molar-refractivity contribution in [2.75, 3.05) is 32.0 Å². The number of halogens is 1. The lowest BCUT2D eigenvalue weighted by Crippen LogP contribution is -2.47. The van der Waals surface area contributed by atoms with Gasteiger partial charge < -0.3 is 30.2 Å². The van der Waals surface area contributed by atoms with Crippen LogP contribution in [-0.2, 0) is 4.74 Å². The van der Waals surface area contributed by atoms with Gasteiger partial charge in [-0.3, -0.25) is 4.79 Å². The molecule has 1 aromatic carbocycles. The van der Waals surface area contributed by atoms with Crippen LogP contribution in [-0.4, -0.2) is 54.8 Å². The third kappa shape index (κ3) is 4.55. The molecular formula is C19H26ClN3O5. The summed E-state index contributed by atoms with van der Waals surface area (Å²) < 4.78 is 16.5. The molecule has 0 unspecified atom stereocenters. The van der Waals surface area contributed by atoms with E-state index in [1.165, 1.54) is 6.07 Å². The maximum absolute atomic E-state index is 12.8. The van der Waals surface area contributed by atoms with E-state index in [1.54, 1.807) is 4.90 Å². The maximum Gasteiger partial charge on any atom is 0.410 e. The van der Waals surface area contributed by atoms with Crippen LogP contribution in [0.15, 0.2) is 6.07 Å². The Morgan fingerprint density at radius 3 is 2.43 bits per heavy atom. The quantitative estimate of drug-likeness (QED) is 0.725. The number of ether oxygens (including phenoxy) is 3. The van der Waals surface area contributed by atoms with Gasteiger partial charge in [-0.05, 0) is 39.7 Å². The molecule has 2 heterocycles. The molecule has 1 aromatic rings. The predicted octanol–water partition coefficient (Wildman–Crippen LogP) is 2.82. The van der Waals surface area contributed by atoms with Gasteiger partial charge in [0.05, 0.1) is 16.3 Å². The van der Waals surface area contributed by atoms with Gasteiger partial charge in [-0.1, -0.05) is 11.6 Å². The lowest BCUT2D eigenvalue weighted by Gasteiger charge is -2.33. The van der Waals surface area contributed by atoms with Crippen molar-refractivity contribution in [3.63, 3.8) is 0 Å². The lowest BCUT2D eigenvalue weighted by molar-refractivity contribution is 0.0199. The number of piperidine rings is 1. The number of likely N-dealkylation sites (tertiary alicyclic amines) is 1. The van der Waals surface area contributed by atoms with Crippen molar-refractivity contribution in [1.29, 1.82) is 0 Å². The standard InChI is InChI=1S/C19H26ClN3O5/c1-19(2,3)28-18(25)23-6-4-11(5-7-23)22-17(24)12-10-13(20)14(21)16-15(12)26-8-9-27-16/h10-11H,4-9,21H2,1-3H3,(H,22,24). The number of nitrogens with one attached hydrogen (secondary N) is 1. The van der Waals surface area contributed by atoms with Crippen LogP contribution in [0.25, 0.3) is 0 Å². The van der Waals surface area contributed by atoms with Gasteiger partial charge in [-0.15, -0.1) is 0 Å². The summed E-state index contributed by atoms with van der Waals surface area (Å²) in [6, 6.07) is 1.43. The van der Waals surface area contributed by atoms with Gasteiger partial charge in [-0.25, -0.2) is 4.79 Å². The molecule has 2 amide bonds. The minimum atomic E-state index is -0.530. The molecule has 0 aromatic heterocycles. The SMILES string of the molecule is CC(C)(C)OC(=O)N1CCC(NC(=O)c2cc(Cl)c(N)c3c2OCCO3)CC1. The Morgan fingerprint density at radius 2 is 1.82 bits per heavy atom. The first kappa shape index (κ1) is 20.4. The van der Waals surface area contributed by atoms with E-state index in [1.807, 2.05) is 20.8 Å². The molecular weight excluding hydrogens is 386 g/mol. The molecule has 154 valence electrons. The molecule has 2 aliphatic heterocycles. The van der Waals surface area contributed by atoms with Crippen LogP contribution >= 0.6 is 11.6 Å². The first-order valence-electron chi connectivity index (χ1n) is 9.32. The number of carbonyl (C=O) groups excluding carboxylic acids is 2. The Labute approximate surface area is 169 Å². The van der Waals surface area contributed by atoms with Crippen molar-refractivity contribution in [1.82, 2.24) is 10.2 Å². The van der Waals surface area contributed by atoms with Crippen molar-refractivity contribution >= 4 is 29.3 Å². The monoisotopic (exact) mass is 411 g/mol. The number of nitrogens with two attached hydrogens (primary N) is 1. The van der Waals surface area contributed by atoms with E-state index in [2.05, 4.69) is 5.32 Å². The van der Waals surface area contributed by atoms with Gasteiger partial charge in [0, 0.05) is 19.1 Å². The molecule has 0 atom stereocenters. The highest BCUT2D eigenvalue weighted by Gasteiger charge is 2.30. The van der Waals surface area contributed by atoms with E-state index in [9.17, 15) is 9.59 Å². The molecule has 3 N–H and O–H groups in total. The largest absolute Gasteiger partial charge is 0.485 e. The molecule has 0 bridgehead atoms. The summed E-state index contributed by atoms with van der Waals surface area (Å²) in [4.78, 5) is 26.6. The summed E-state index contributed by atoms with van der Waals surface area (Å²) in [6.45, 7) is 7.22. The lowest BCUT2D eigenvalue weighted by atomic mass is 10.0. The van der Waals surface area contributed by atoms with Gasteiger partial charge in [0.15, 0.2) is 11.5 Å². The average Bonchev–Trinajstić information content (AvgIpc) is 2.64. The zero-order valence-electron chi connectivity index (χ0n) is 16.3. The van der Waals surface area contributed by atoms with Crippen LogP contribution in [0.3, 0.4) is 0 Å². The van der Waals surface area contributed by atoms with Crippen LogP contribution in [0.2, 0.25) is 5.02 Å². The van der Waals surface area contributed by atoms with E-state index < -0.39 is 5.60 Å². The van der Waals surface area contributed by atoms with Gasteiger partial charge >= 0.3 is 6.09 Å². The van der Waals surface area contributed by atoms with Crippen molar-refractivity contribution in [2.24, 2.45) is 0 Å². The van der Waals surface area contributed by atoms with E-state index >= 15 is 0 Å². The topological polar surface area (TPSA) is 103 Å². The summed E-state index contributed by atoms with van der Waals surface area (Å²) in [7, 11) is 0. The van der Waals surface area contributed by atoms with Crippen LogP contribution in [0, 0.1) is 0 Å². The molecule has 0 aliphatic carbocycles. The molecule has 0 saturated carbocycles. The number of anilines is 1. The molecule has 0 spiro atoms. The highest BCUT2D eigenvalue weighted by molar-refractivity contribution is 6.34. The Balaban J connectivity index is 1.63. The summed E-state index contributed by atoms with van der Waals surface area (Å²) >= 11 is 6.15. The number of fused-ring (bicyclic) bond motifs is 1. The van der Waals surface area contributed by atoms with Crippen LogP contribution in [0.4, 0.5) is 10.5 Å². The second-order valence-electron chi connectivity index (χ2n) is 7.89. The second kappa shape index (κ2) is 7.95. The predicted molar refractivity (Wildman–Crippen MR) is 105 cm³/mol. The van der Waals surface area contributed by atoms with Crippen molar-refractivity contribution in [2.45, 2.75) is 45.3 Å². The molecule has 1 saturated heterocycles. The number of carbonyl (C=O) groups is 2. The van der Waals surface area contributed by atoms with Crippen molar-refractivity contribution < 1.29 is 23.8 Å². The Kier molecular flexibility index (Phi) is 5.79. The number of amides is 2. The third-order valence-corrected chi connectivity index (χ3v) is 4.84. The van der Waals surface area contributed by atoms with E-state index in [4.69, 9.17) is 31.5 Å². The Hall–Kier alpha value is -2.35. The highest BCUT2D eigenvalue weighted by Crippen LogP contribution is 2.43. The van der Waals surface area contributed by atoms with Crippen LogP contribution in [0.5, 0.6) is 11.5 Å². The minimum Gasteiger partial charge on any atom is -0.485 e. The molecule has 1 fully saturated rings. The molecule has 2 aliphatic rings. The highest BCUT2D eigenvalue weighted by atomic mass is 35.5. The molecule has 8 nitrogen and oxygen atoms in total. The number of rotatable bonds is 2. The van der Waals surface area contributed by atoms with Gasteiger partial charge in [0.1, 0.15) is 18.8 Å². The fourth-order valence-electron chi connectivity index (χ4n) is 3.16. The van der Waals surface area contributed by atoms with Crippen LogP contribution in [0.1, 0.15) is 44.0 Å². The number of hydrogen-bond donors (Lipinski definition) is 2. The zero-order chi connectivity index (χ0) is 20.5. The minimum absolute atomic E-state index is 0.0670. The first-order chi connectivity index (χ1) is 13.2. The molecule has 28 heavy (non-hydrogen) atoms. The number of hydrogen-bond acceptors (Lipinski definition) is 6. The summed E-state index contributed by atoms with van der Waals surface area (Å²) in [5.74, 6) is 0.319. The molecule has 9 heteroatoms. The second-order valence-corrected chi connectivity index (χ2v) is 8.30. The summed E-state index contributed by atoms with van der Waals surface area (Å²) in [5, 5.41) is 3.23. The fourth-order valence-corrected chi connectivity index (χ4v) is 3.36. The molecule has 0 radical (unpaired) electrons. The van der Waals surface area contributed by atoms with Gasteiger partial charge in [-0.2, -0.15) is 0 Å². The number of benzene rings is 1. The Morgan fingerprint density at radius 1 is 1.21 bits per heavy atom.